The first-order valence-corrected chi connectivity index (χ1v) is 14.9. The average molecular weight is 580 g/mol. The van der Waals surface area contributed by atoms with Gasteiger partial charge in [0.05, 0.1) is 28.0 Å². The first kappa shape index (κ1) is 25.3. The topological polar surface area (TPSA) is 64.1 Å². The van der Waals surface area contributed by atoms with Gasteiger partial charge in [0.25, 0.3) is 0 Å². The predicted octanol–water partition coefficient (Wildman–Crippen LogP) is 10.2. The minimum atomic E-state index is 0.174. The summed E-state index contributed by atoms with van der Waals surface area (Å²) in [4.78, 5) is 9.99. The van der Waals surface area contributed by atoms with Crippen LogP contribution in [0.1, 0.15) is 0 Å². The van der Waals surface area contributed by atoms with Crippen molar-refractivity contribution in [3.05, 3.63) is 146 Å². The van der Waals surface area contributed by atoms with Crippen LogP contribution in [0.15, 0.2) is 150 Å². The second-order valence-corrected chi connectivity index (χ2v) is 11.2. The largest absolute Gasteiger partial charge is 0.507 e. The minimum absolute atomic E-state index is 0.174. The molecule has 9 aromatic rings. The number of rotatable bonds is 4. The van der Waals surface area contributed by atoms with Crippen molar-refractivity contribution in [2.45, 2.75) is 0 Å². The van der Waals surface area contributed by atoms with E-state index in [1.165, 1.54) is 0 Å². The maximum Gasteiger partial charge on any atom is 0.149 e. The molecule has 0 atom stereocenters. The van der Waals surface area contributed by atoms with Gasteiger partial charge < -0.3 is 9.52 Å². The molecular formula is C40H25N3O2. The van der Waals surface area contributed by atoms with Crippen molar-refractivity contribution in [2.24, 2.45) is 0 Å². The Balaban J connectivity index is 1.41. The first-order chi connectivity index (χ1) is 22.2. The second kappa shape index (κ2) is 9.93. The maximum absolute atomic E-state index is 11.1. The van der Waals surface area contributed by atoms with Gasteiger partial charge in [0, 0.05) is 39.0 Å². The van der Waals surface area contributed by atoms with Crippen LogP contribution >= 0.6 is 0 Å². The molecule has 0 radical (unpaired) electrons. The molecule has 0 saturated carbocycles. The Bertz CT molecular complexity index is 2560. The van der Waals surface area contributed by atoms with Crippen molar-refractivity contribution in [1.29, 1.82) is 0 Å². The molecule has 0 aliphatic heterocycles. The summed E-state index contributed by atoms with van der Waals surface area (Å²) in [7, 11) is 0. The summed E-state index contributed by atoms with van der Waals surface area (Å²) in [6.45, 7) is 0. The van der Waals surface area contributed by atoms with Crippen molar-refractivity contribution in [1.82, 2.24) is 14.5 Å². The fraction of sp³-hybridized carbons (Fsp3) is 0. The molecule has 212 valence electrons. The Hall–Kier alpha value is -6.20. The van der Waals surface area contributed by atoms with E-state index >= 15 is 0 Å². The van der Waals surface area contributed by atoms with Gasteiger partial charge in [-0.25, -0.2) is 4.98 Å². The molecule has 3 aromatic heterocycles. The van der Waals surface area contributed by atoms with Crippen LogP contribution in [0, 0.1) is 0 Å². The van der Waals surface area contributed by atoms with Gasteiger partial charge in [-0.2, -0.15) is 0 Å². The summed E-state index contributed by atoms with van der Waals surface area (Å²) in [5.74, 6) is 0.835. The molecule has 0 unspecified atom stereocenters. The molecule has 0 fully saturated rings. The Morgan fingerprint density at radius 1 is 0.600 bits per heavy atom. The average Bonchev–Trinajstić information content (AvgIpc) is 3.67. The van der Waals surface area contributed by atoms with Gasteiger partial charge in [-0.15, -0.1) is 0 Å². The van der Waals surface area contributed by atoms with E-state index in [1.807, 2.05) is 66.9 Å². The van der Waals surface area contributed by atoms with Gasteiger partial charge in [-0.3, -0.25) is 9.55 Å². The molecular weight excluding hydrogens is 554 g/mol. The quantitative estimate of drug-likeness (QED) is 0.225. The van der Waals surface area contributed by atoms with E-state index in [4.69, 9.17) is 9.40 Å². The van der Waals surface area contributed by atoms with Crippen molar-refractivity contribution >= 4 is 43.7 Å². The number of para-hydroxylation sites is 3. The zero-order valence-corrected chi connectivity index (χ0v) is 24.1. The number of aromatic hydroxyl groups is 1. The molecule has 0 spiro atoms. The van der Waals surface area contributed by atoms with Crippen LogP contribution in [0.2, 0.25) is 0 Å². The molecule has 45 heavy (non-hydrogen) atoms. The Morgan fingerprint density at radius 2 is 1.36 bits per heavy atom. The van der Waals surface area contributed by atoms with E-state index in [9.17, 15) is 5.11 Å². The highest BCUT2D eigenvalue weighted by atomic mass is 16.3. The highest BCUT2D eigenvalue weighted by Gasteiger charge is 2.23. The standard InChI is InChI=1S/C40H25N3O2/c44-36-20-5-3-15-30(36)40-42-38-29(16-10-19-35(38)43(40)34-18-9-12-25-11-1-2-13-27(25)34)32-24-26(33-17-7-8-22-41-33)23-31-28-14-4-6-21-37(28)45-39(31)32/h1-24,44H. The van der Waals surface area contributed by atoms with Crippen LogP contribution < -0.4 is 0 Å². The van der Waals surface area contributed by atoms with E-state index in [2.05, 4.69) is 82.3 Å². The maximum atomic E-state index is 11.1. The van der Waals surface area contributed by atoms with Gasteiger partial charge in [0.1, 0.15) is 22.7 Å². The Kier molecular flexibility index (Phi) is 5.59. The summed E-state index contributed by atoms with van der Waals surface area (Å²) in [5, 5.41) is 15.4. The summed E-state index contributed by atoms with van der Waals surface area (Å²) in [6.07, 6.45) is 1.82. The van der Waals surface area contributed by atoms with Crippen molar-refractivity contribution < 1.29 is 9.52 Å². The SMILES string of the molecule is Oc1ccccc1-c1nc2c(-c3cc(-c4ccccn4)cc4c3oc3ccccc34)cccc2n1-c1cccc2ccccc12. The molecule has 5 nitrogen and oxygen atoms in total. The summed E-state index contributed by atoms with van der Waals surface area (Å²) >= 11 is 0. The lowest BCUT2D eigenvalue weighted by atomic mass is 9.96. The van der Waals surface area contributed by atoms with E-state index in [1.54, 1.807) is 6.07 Å². The first-order valence-electron chi connectivity index (χ1n) is 14.9. The van der Waals surface area contributed by atoms with Crippen LogP contribution in [0.3, 0.4) is 0 Å². The summed E-state index contributed by atoms with van der Waals surface area (Å²) in [6, 6.07) is 46.7. The zero-order chi connectivity index (χ0) is 29.9. The number of phenols is 1. The Morgan fingerprint density at radius 3 is 2.24 bits per heavy atom. The number of nitrogens with zero attached hydrogens (tertiary/aromatic N) is 3. The number of fused-ring (bicyclic) bond motifs is 5. The fourth-order valence-corrected chi connectivity index (χ4v) is 6.52. The molecule has 0 aliphatic carbocycles. The number of hydrogen-bond acceptors (Lipinski definition) is 4. The van der Waals surface area contributed by atoms with Crippen LogP contribution in [-0.2, 0) is 0 Å². The van der Waals surface area contributed by atoms with Crippen LogP contribution in [0.25, 0.3) is 83.2 Å². The van der Waals surface area contributed by atoms with Gasteiger partial charge in [0.15, 0.2) is 0 Å². The normalized spacial score (nSPS) is 11.6. The molecule has 5 heteroatoms. The lowest BCUT2D eigenvalue weighted by molar-refractivity contribution is 0.477. The molecule has 0 saturated heterocycles. The minimum Gasteiger partial charge on any atom is -0.507 e. The lowest BCUT2D eigenvalue weighted by Gasteiger charge is -2.13. The highest BCUT2D eigenvalue weighted by molar-refractivity contribution is 6.13. The number of furan rings is 1. The van der Waals surface area contributed by atoms with Gasteiger partial charge in [0.2, 0.25) is 0 Å². The van der Waals surface area contributed by atoms with Crippen LogP contribution in [0.4, 0.5) is 0 Å². The van der Waals surface area contributed by atoms with Gasteiger partial charge in [-0.05, 0) is 60.0 Å². The summed E-state index contributed by atoms with van der Waals surface area (Å²) < 4.78 is 8.73. The number of aromatic nitrogens is 3. The van der Waals surface area contributed by atoms with E-state index in [0.717, 1.165) is 71.8 Å². The lowest BCUT2D eigenvalue weighted by Crippen LogP contribution is -1.99. The molecule has 0 aliphatic rings. The summed E-state index contributed by atoms with van der Waals surface area (Å²) in [5.41, 5.74) is 8.75. The Labute approximate surface area is 258 Å². The van der Waals surface area contributed by atoms with Gasteiger partial charge >= 0.3 is 0 Å². The number of phenolic OH excluding ortho intramolecular Hbond substituents is 1. The van der Waals surface area contributed by atoms with Crippen LogP contribution in [0.5, 0.6) is 5.75 Å². The molecule has 0 amide bonds. The van der Waals surface area contributed by atoms with Gasteiger partial charge in [-0.1, -0.05) is 84.9 Å². The molecule has 6 aromatic carbocycles. The second-order valence-electron chi connectivity index (χ2n) is 11.2. The van der Waals surface area contributed by atoms with Crippen molar-refractivity contribution in [2.75, 3.05) is 0 Å². The zero-order valence-electron chi connectivity index (χ0n) is 24.1. The third kappa shape index (κ3) is 3.95. The van der Waals surface area contributed by atoms with E-state index in [-0.39, 0.29) is 5.75 Å². The molecule has 1 N–H and O–H groups in total. The fourth-order valence-electron chi connectivity index (χ4n) is 6.52. The van der Waals surface area contributed by atoms with Crippen molar-refractivity contribution in [3.63, 3.8) is 0 Å². The third-order valence-electron chi connectivity index (χ3n) is 8.57. The van der Waals surface area contributed by atoms with E-state index < -0.39 is 0 Å². The third-order valence-corrected chi connectivity index (χ3v) is 8.57. The predicted molar refractivity (Wildman–Crippen MR) is 182 cm³/mol. The molecule has 3 heterocycles. The monoisotopic (exact) mass is 579 g/mol. The smallest absolute Gasteiger partial charge is 0.149 e. The number of pyridine rings is 1. The molecule has 9 rings (SSSR count). The van der Waals surface area contributed by atoms with Crippen molar-refractivity contribution in [3.8, 4) is 45.2 Å². The highest BCUT2D eigenvalue weighted by Crippen LogP contribution is 2.43. The number of imidazole rings is 1. The van der Waals surface area contributed by atoms with E-state index in [0.29, 0.717) is 11.4 Å². The number of benzene rings is 6. The number of hydrogen-bond donors (Lipinski definition) is 1. The van der Waals surface area contributed by atoms with Crippen LogP contribution in [-0.4, -0.2) is 19.6 Å². The molecule has 0 bridgehead atoms.